The molecule has 3 rings (SSSR count). The van der Waals surface area contributed by atoms with Gasteiger partial charge in [-0.15, -0.1) is 0 Å². The van der Waals surface area contributed by atoms with Gasteiger partial charge in [-0.2, -0.15) is 0 Å². The zero-order valence-electron chi connectivity index (χ0n) is 15.0. The molecule has 1 aromatic carbocycles. The number of fused-ring (bicyclic) bond motifs is 1. The first-order chi connectivity index (χ1) is 12.2. The van der Waals surface area contributed by atoms with Crippen LogP contribution in [-0.4, -0.2) is 40.1 Å². The van der Waals surface area contributed by atoms with Crippen molar-refractivity contribution < 1.29 is 18.7 Å². The highest BCUT2D eigenvalue weighted by Crippen LogP contribution is 2.28. The maximum absolute atomic E-state index is 13.3. The minimum absolute atomic E-state index is 0.296. The molecule has 2 aromatic rings. The van der Waals surface area contributed by atoms with Crippen molar-refractivity contribution in [2.45, 2.75) is 51.7 Å². The molecule has 1 aliphatic rings. The standard InChI is InChI=1S/C18H22FN3O3S/c1-18(2,3)25-17(24)22-9-5-4-6-13(22)15(23)21-16-20-12-8-7-11(19)10-14(12)26-16/h7-8,10,13H,4-6,9H2,1-3H3,(H,20,21,23). The quantitative estimate of drug-likeness (QED) is 0.850. The number of likely N-dealkylation sites (tertiary alicyclic amines) is 1. The van der Waals surface area contributed by atoms with Gasteiger partial charge >= 0.3 is 6.09 Å². The first kappa shape index (κ1) is 18.6. The number of carbonyl (C=O) groups excluding carboxylic acids is 2. The van der Waals surface area contributed by atoms with E-state index in [1.807, 2.05) is 0 Å². The van der Waals surface area contributed by atoms with Gasteiger partial charge in [0.05, 0.1) is 10.2 Å². The average Bonchev–Trinajstić information content (AvgIpc) is 2.94. The molecule has 0 bridgehead atoms. The minimum atomic E-state index is -0.618. The minimum Gasteiger partial charge on any atom is -0.444 e. The molecule has 6 nitrogen and oxygen atoms in total. The Kier molecular flexibility index (Phi) is 5.13. The predicted molar refractivity (Wildman–Crippen MR) is 98.8 cm³/mol. The summed E-state index contributed by atoms with van der Waals surface area (Å²) >= 11 is 1.21. The zero-order valence-corrected chi connectivity index (χ0v) is 15.9. The van der Waals surface area contributed by atoms with E-state index in [0.717, 1.165) is 12.8 Å². The average molecular weight is 379 g/mol. The van der Waals surface area contributed by atoms with E-state index in [9.17, 15) is 14.0 Å². The van der Waals surface area contributed by atoms with Gasteiger partial charge in [-0.3, -0.25) is 9.69 Å². The molecule has 0 aliphatic carbocycles. The summed E-state index contributed by atoms with van der Waals surface area (Å²) in [5.41, 5.74) is 0.00600. The first-order valence-electron chi connectivity index (χ1n) is 8.59. The highest BCUT2D eigenvalue weighted by Gasteiger charge is 2.35. The molecule has 0 saturated carbocycles. The van der Waals surface area contributed by atoms with Crippen LogP contribution in [0, 0.1) is 5.82 Å². The SMILES string of the molecule is CC(C)(C)OC(=O)N1CCCCC1C(=O)Nc1nc2ccc(F)cc2s1. The van der Waals surface area contributed by atoms with E-state index >= 15 is 0 Å². The molecule has 1 unspecified atom stereocenters. The number of nitrogens with zero attached hydrogens (tertiary/aromatic N) is 2. The lowest BCUT2D eigenvalue weighted by atomic mass is 10.0. The number of ether oxygens (including phenoxy) is 1. The molecule has 1 atom stereocenters. The second-order valence-electron chi connectivity index (χ2n) is 7.31. The summed E-state index contributed by atoms with van der Waals surface area (Å²) in [4.78, 5) is 30.9. The number of benzene rings is 1. The van der Waals surface area contributed by atoms with Gasteiger partial charge in [-0.05, 0) is 58.2 Å². The van der Waals surface area contributed by atoms with Crippen LogP contribution >= 0.6 is 11.3 Å². The highest BCUT2D eigenvalue weighted by atomic mass is 32.1. The van der Waals surface area contributed by atoms with E-state index in [4.69, 9.17) is 4.74 Å². The topological polar surface area (TPSA) is 71.5 Å². The molecule has 1 saturated heterocycles. The summed E-state index contributed by atoms with van der Waals surface area (Å²) in [6, 6.07) is 3.70. The predicted octanol–water partition coefficient (Wildman–Crippen LogP) is 4.16. The van der Waals surface area contributed by atoms with Crippen molar-refractivity contribution in [3.05, 3.63) is 24.0 Å². The van der Waals surface area contributed by atoms with E-state index in [1.165, 1.54) is 28.4 Å². The van der Waals surface area contributed by atoms with E-state index in [0.29, 0.717) is 28.3 Å². The number of halogens is 1. The van der Waals surface area contributed by atoms with Gasteiger partial charge in [-0.1, -0.05) is 11.3 Å². The lowest BCUT2D eigenvalue weighted by molar-refractivity contribution is -0.122. The number of piperidine rings is 1. The molecule has 2 amide bonds. The summed E-state index contributed by atoms with van der Waals surface area (Å²) in [6.07, 6.45) is 1.79. The molecule has 8 heteroatoms. The Morgan fingerprint density at radius 2 is 2.12 bits per heavy atom. The second kappa shape index (κ2) is 7.19. The van der Waals surface area contributed by atoms with Gasteiger partial charge < -0.3 is 10.1 Å². The number of amides is 2. The van der Waals surface area contributed by atoms with E-state index in [1.54, 1.807) is 26.8 Å². The summed E-state index contributed by atoms with van der Waals surface area (Å²) in [7, 11) is 0. The van der Waals surface area contributed by atoms with Crippen LogP contribution in [-0.2, 0) is 9.53 Å². The number of aromatic nitrogens is 1. The Morgan fingerprint density at radius 3 is 2.85 bits per heavy atom. The van der Waals surface area contributed by atoms with Crippen LogP contribution in [0.3, 0.4) is 0 Å². The van der Waals surface area contributed by atoms with Crippen molar-refractivity contribution in [3.63, 3.8) is 0 Å². The van der Waals surface area contributed by atoms with Gasteiger partial charge in [0.25, 0.3) is 0 Å². The van der Waals surface area contributed by atoms with Crippen LogP contribution in [0.5, 0.6) is 0 Å². The molecule has 0 spiro atoms. The van der Waals surface area contributed by atoms with Crippen molar-refractivity contribution in [1.82, 2.24) is 9.88 Å². The zero-order chi connectivity index (χ0) is 18.9. The summed E-state index contributed by atoms with van der Waals surface area (Å²) < 4.78 is 19.4. The molecule has 0 radical (unpaired) electrons. The maximum Gasteiger partial charge on any atom is 0.410 e. The molecule has 1 fully saturated rings. The second-order valence-corrected chi connectivity index (χ2v) is 8.34. The highest BCUT2D eigenvalue weighted by molar-refractivity contribution is 7.22. The van der Waals surface area contributed by atoms with Crippen molar-refractivity contribution in [3.8, 4) is 0 Å². The van der Waals surface area contributed by atoms with E-state index < -0.39 is 17.7 Å². The number of hydrogen-bond donors (Lipinski definition) is 1. The van der Waals surface area contributed by atoms with Crippen molar-refractivity contribution in [2.24, 2.45) is 0 Å². The molecule has 26 heavy (non-hydrogen) atoms. The van der Waals surface area contributed by atoms with Gasteiger partial charge in [-0.25, -0.2) is 14.2 Å². The van der Waals surface area contributed by atoms with Crippen LogP contribution in [0.1, 0.15) is 40.0 Å². The Morgan fingerprint density at radius 1 is 1.35 bits per heavy atom. The van der Waals surface area contributed by atoms with Crippen LogP contribution in [0.4, 0.5) is 14.3 Å². The van der Waals surface area contributed by atoms with Crippen molar-refractivity contribution in [1.29, 1.82) is 0 Å². The third-order valence-corrected chi connectivity index (χ3v) is 4.95. The number of carbonyl (C=O) groups is 2. The third kappa shape index (κ3) is 4.30. The Bertz CT molecular complexity index is 831. The third-order valence-electron chi connectivity index (χ3n) is 4.01. The van der Waals surface area contributed by atoms with Crippen LogP contribution in [0.2, 0.25) is 0 Å². The van der Waals surface area contributed by atoms with Crippen molar-refractivity contribution >= 4 is 38.7 Å². The molecular formula is C18H22FN3O3S. The number of nitrogens with one attached hydrogen (secondary N) is 1. The number of anilines is 1. The lowest BCUT2D eigenvalue weighted by Gasteiger charge is -2.35. The molecule has 140 valence electrons. The fourth-order valence-corrected chi connectivity index (χ4v) is 3.78. The van der Waals surface area contributed by atoms with Gasteiger partial charge in [0.2, 0.25) is 5.91 Å². The summed E-state index contributed by atoms with van der Waals surface area (Å²) in [6.45, 7) is 5.87. The lowest BCUT2D eigenvalue weighted by Crippen LogP contribution is -2.51. The van der Waals surface area contributed by atoms with E-state index in [-0.39, 0.29) is 11.7 Å². The summed E-state index contributed by atoms with van der Waals surface area (Å²) in [5.74, 6) is -0.641. The molecule has 1 N–H and O–H groups in total. The monoisotopic (exact) mass is 379 g/mol. The molecule has 1 aliphatic heterocycles. The fraction of sp³-hybridized carbons (Fsp3) is 0.500. The Labute approximate surface area is 155 Å². The largest absolute Gasteiger partial charge is 0.444 e. The number of thiazole rings is 1. The van der Waals surface area contributed by atoms with Gasteiger partial charge in [0.1, 0.15) is 17.5 Å². The van der Waals surface area contributed by atoms with Crippen LogP contribution < -0.4 is 5.32 Å². The Balaban J connectivity index is 1.74. The molecular weight excluding hydrogens is 357 g/mol. The number of rotatable bonds is 2. The first-order valence-corrected chi connectivity index (χ1v) is 9.41. The summed E-state index contributed by atoms with van der Waals surface area (Å²) in [5, 5.41) is 3.16. The number of hydrogen-bond acceptors (Lipinski definition) is 5. The van der Waals surface area contributed by atoms with Crippen molar-refractivity contribution in [2.75, 3.05) is 11.9 Å². The maximum atomic E-state index is 13.3. The Hall–Kier alpha value is -2.22. The van der Waals surface area contributed by atoms with Crippen LogP contribution in [0.15, 0.2) is 18.2 Å². The van der Waals surface area contributed by atoms with E-state index in [2.05, 4.69) is 10.3 Å². The molecule has 1 aromatic heterocycles. The normalized spacial score (nSPS) is 18.0. The molecule has 2 heterocycles. The fourth-order valence-electron chi connectivity index (χ4n) is 2.88. The van der Waals surface area contributed by atoms with Gasteiger partial charge in [0.15, 0.2) is 5.13 Å². The van der Waals surface area contributed by atoms with Crippen LogP contribution in [0.25, 0.3) is 10.2 Å². The van der Waals surface area contributed by atoms with Gasteiger partial charge in [0, 0.05) is 6.54 Å². The smallest absolute Gasteiger partial charge is 0.410 e.